The smallest absolute Gasteiger partial charge is 0.232 e. The summed E-state index contributed by atoms with van der Waals surface area (Å²) >= 11 is 6.55. The second-order valence-corrected chi connectivity index (χ2v) is 5.86. The van der Waals surface area contributed by atoms with Crippen molar-refractivity contribution >= 4 is 34.5 Å². The van der Waals surface area contributed by atoms with Crippen LogP contribution in [0.2, 0.25) is 0 Å². The lowest BCUT2D eigenvalue weighted by molar-refractivity contribution is -0.127. The third kappa shape index (κ3) is 3.26. The first kappa shape index (κ1) is 14.1. The second kappa shape index (κ2) is 5.60. The zero-order chi connectivity index (χ0) is 13.1. The molecule has 0 aliphatic carbocycles. The van der Waals surface area contributed by atoms with Crippen LogP contribution < -0.4 is 11.1 Å². The monoisotopic (exact) mass is 270 g/mol. The van der Waals surface area contributed by atoms with Gasteiger partial charge >= 0.3 is 0 Å². The summed E-state index contributed by atoms with van der Waals surface area (Å²) in [4.78, 5) is 13.5. The Labute approximate surface area is 111 Å². The summed E-state index contributed by atoms with van der Waals surface area (Å²) in [6.45, 7) is 5.52. The van der Waals surface area contributed by atoms with Crippen molar-refractivity contribution in [2.45, 2.75) is 33.2 Å². The maximum atomic E-state index is 12.1. The molecule has 1 atom stereocenters. The SMILES string of the molecule is CCC(NC(=O)C(C)(C)C(N)=S)c1cccs1. The molecule has 0 aliphatic rings. The van der Waals surface area contributed by atoms with Crippen molar-refractivity contribution in [1.82, 2.24) is 5.32 Å². The lowest BCUT2D eigenvalue weighted by atomic mass is 9.92. The van der Waals surface area contributed by atoms with Gasteiger partial charge in [0.05, 0.1) is 16.4 Å². The number of rotatable bonds is 5. The van der Waals surface area contributed by atoms with Gasteiger partial charge in [0.1, 0.15) is 0 Å². The van der Waals surface area contributed by atoms with E-state index in [0.717, 1.165) is 11.3 Å². The molecule has 3 N–H and O–H groups in total. The van der Waals surface area contributed by atoms with Crippen LogP contribution in [0.4, 0.5) is 0 Å². The molecule has 0 saturated carbocycles. The van der Waals surface area contributed by atoms with Gasteiger partial charge in [0, 0.05) is 4.88 Å². The number of nitrogens with one attached hydrogen (secondary N) is 1. The number of amides is 1. The fourth-order valence-corrected chi connectivity index (χ4v) is 2.27. The van der Waals surface area contributed by atoms with Crippen molar-refractivity contribution in [2.24, 2.45) is 11.1 Å². The number of carbonyl (C=O) groups excluding carboxylic acids is 1. The van der Waals surface area contributed by atoms with E-state index < -0.39 is 5.41 Å². The van der Waals surface area contributed by atoms with E-state index in [1.807, 2.05) is 24.4 Å². The lowest BCUT2D eigenvalue weighted by Crippen LogP contribution is -2.45. The quantitative estimate of drug-likeness (QED) is 0.809. The van der Waals surface area contributed by atoms with Crippen LogP contribution in [0.25, 0.3) is 0 Å². The van der Waals surface area contributed by atoms with E-state index >= 15 is 0 Å². The molecular formula is C12H18N2OS2. The number of thiophene rings is 1. The normalized spacial score (nSPS) is 13.1. The van der Waals surface area contributed by atoms with Gasteiger partial charge in [-0.3, -0.25) is 4.79 Å². The third-order valence-electron chi connectivity index (χ3n) is 2.78. The van der Waals surface area contributed by atoms with Crippen molar-refractivity contribution in [3.05, 3.63) is 22.4 Å². The largest absolute Gasteiger partial charge is 0.392 e. The van der Waals surface area contributed by atoms with Gasteiger partial charge in [-0.15, -0.1) is 11.3 Å². The summed E-state index contributed by atoms with van der Waals surface area (Å²) in [5, 5.41) is 5.00. The molecule has 0 aliphatic heterocycles. The van der Waals surface area contributed by atoms with Crippen LogP contribution in [-0.4, -0.2) is 10.9 Å². The summed E-state index contributed by atoms with van der Waals surface area (Å²) in [6, 6.07) is 4.04. The molecule has 1 heterocycles. The molecule has 1 aromatic heterocycles. The zero-order valence-electron chi connectivity index (χ0n) is 10.3. The highest BCUT2D eigenvalue weighted by atomic mass is 32.1. The van der Waals surface area contributed by atoms with Gasteiger partial charge in [-0.2, -0.15) is 0 Å². The van der Waals surface area contributed by atoms with Crippen LogP contribution in [0.15, 0.2) is 17.5 Å². The molecule has 0 saturated heterocycles. The van der Waals surface area contributed by atoms with Crippen molar-refractivity contribution in [3.8, 4) is 0 Å². The van der Waals surface area contributed by atoms with Gasteiger partial charge in [0.2, 0.25) is 5.91 Å². The summed E-state index contributed by atoms with van der Waals surface area (Å²) in [6.07, 6.45) is 0.847. The molecule has 1 amide bonds. The molecule has 0 aromatic carbocycles. The topological polar surface area (TPSA) is 55.1 Å². The van der Waals surface area contributed by atoms with Crippen LogP contribution in [0.5, 0.6) is 0 Å². The third-order valence-corrected chi connectivity index (χ3v) is 4.28. The minimum absolute atomic E-state index is 0.0381. The maximum absolute atomic E-state index is 12.1. The predicted molar refractivity (Wildman–Crippen MR) is 76.1 cm³/mol. The van der Waals surface area contributed by atoms with Gasteiger partial charge in [-0.1, -0.05) is 25.2 Å². The van der Waals surface area contributed by atoms with E-state index in [1.54, 1.807) is 25.2 Å². The number of carbonyl (C=O) groups is 1. The fraction of sp³-hybridized carbons (Fsp3) is 0.500. The Kier molecular flexibility index (Phi) is 4.65. The Morgan fingerprint density at radius 3 is 2.71 bits per heavy atom. The molecule has 94 valence electrons. The average molecular weight is 270 g/mol. The Morgan fingerprint density at radius 2 is 2.29 bits per heavy atom. The van der Waals surface area contributed by atoms with Crippen LogP contribution in [0.3, 0.4) is 0 Å². The minimum atomic E-state index is -0.806. The number of hydrogen-bond donors (Lipinski definition) is 2. The van der Waals surface area contributed by atoms with Crippen molar-refractivity contribution in [1.29, 1.82) is 0 Å². The number of nitrogens with two attached hydrogens (primary N) is 1. The number of hydrogen-bond acceptors (Lipinski definition) is 3. The first-order valence-corrected chi connectivity index (χ1v) is 6.82. The standard InChI is InChI=1S/C12H18N2OS2/c1-4-8(9-6-5-7-17-9)14-11(15)12(2,3)10(13)16/h5-8H,4H2,1-3H3,(H2,13,16)(H,14,15). The van der Waals surface area contributed by atoms with E-state index in [2.05, 4.69) is 5.32 Å². The molecule has 1 rings (SSSR count). The Balaban J connectivity index is 2.77. The van der Waals surface area contributed by atoms with Gasteiger partial charge in [0.25, 0.3) is 0 Å². The zero-order valence-corrected chi connectivity index (χ0v) is 12.0. The average Bonchev–Trinajstić information content (AvgIpc) is 2.78. The van der Waals surface area contributed by atoms with Crippen LogP contribution >= 0.6 is 23.6 Å². The van der Waals surface area contributed by atoms with Crippen LogP contribution in [0.1, 0.15) is 38.1 Å². The van der Waals surface area contributed by atoms with E-state index in [0.29, 0.717) is 0 Å². The maximum Gasteiger partial charge on any atom is 0.232 e. The molecule has 3 nitrogen and oxygen atoms in total. The molecule has 1 unspecified atom stereocenters. The summed E-state index contributed by atoms with van der Waals surface area (Å²) in [5.41, 5.74) is 4.77. The van der Waals surface area contributed by atoms with Crippen molar-refractivity contribution < 1.29 is 4.79 Å². The Morgan fingerprint density at radius 1 is 1.65 bits per heavy atom. The van der Waals surface area contributed by atoms with E-state index in [4.69, 9.17) is 18.0 Å². The Hall–Kier alpha value is -0.940. The highest BCUT2D eigenvalue weighted by molar-refractivity contribution is 7.80. The molecule has 0 fully saturated rings. The highest BCUT2D eigenvalue weighted by Crippen LogP contribution is 2.24. The molecule has 0 spiro atoms. The fourth-order valence-electron chi connectivity index (χ4n) is 1.31. The highest BCUT2D eigenvalue weighted by Gasteiger charge is 2.32. The van der Waals surface area contributed by atoms with Gasteiger partial charge in [-0.25, -0.2) is 0 Å². The lowest BCUT2D eigenvalue weighted by Gasteiger charge is -2.25. The van der Waals surface area contributed by atoms with Crippen LogP contribution in [-0.2, 0) is 4.79 Å². The van der Waals surface area contributed by atoms with Gasteiger partial charge < -0.3 is 11.1 Å². The van der Waals surface area contributed by atoms with E-state index in [9.17, 15) is 4.79 Å². The molecule has 0 radical (unpaired) electrons. The summed E-state index contributed by atoms with van der Waals surface area (Å²) in [5.74, 6) is -0.120. The summed E-state index contributed by atoms with van der Waals surface area (Å²) < 4.78 is 0. The first-order chi connectivity index (χ1) is 7.89. The van der Waals surface area contributed by atoms with E-state index in [1.165, 1.54) is 0 Å². The molecule has 5 heteroatoms. The Bertz CT molecular complexity index is 399. The first-order valence-electron chi connectivity index (χ1n) is 5.53. The number of thiocarbonyl (C=S) groups is 1. The van der Waals surface area contributed by atoms with Gasteiger partial charge in [0.15, 0.2) is 0 Å². The van der Waals surface area contributed by atoms with E-state index in [-0.39, 0.29) is 16.9 Å². The minimum Gasteiger partial charge on any atom is -0.392 e. The molecular weight excluding hydrogens is 252 g/mol. The van der Waals surface area contributed by atoms with Gasteiger partial charge in [-0.05, 0) is 31.7 Å². The van der Waals surface area contributed by atoms with Crippen molar-refractivity contribution in [3.63, 3.8) is 0 Å². The van der Waals surface area contributed by atoms with Crippen molar-refractivity contribution in [2.75, 3.05) is 0 Å². The van der Waals surface area contributed by atoms with Crippen LogP contribution in [0, 0.1) is 5.41 Å². The summed E-state index contributed by atoms with van der Waals surface area (Å²) in [7, 11) is 0. The molecule has 1 aromatic rings. The second-order valence-electron chi connectivity index (χ2n) is 4.44. The molecule has 17 heavy (non-hydrogen) atoms. The predicted octanol–water partition coefficient (Wildman–Crippen LogP) is 2.63. The molecule has 0 bridgehead atoms.